The number of nitrogens with zero attached hydrogens (tertiary/aromatic N) is 2. The third kappa shape index (κ3) is 4.19. The summed E-state index contributed by atoms with van der Waals surface area (Å²) in [6.45, 7) is 7.00. The first kappa shape index (κ1) is 17.7. The maximum absolute atomic E-state index is 12.4. The topological polar surface area (TPSA) is 76.3 Å². The van der Waals surface area contributed by atoms with Crippen LogP contribution in [0, 0.1) is 0 Å². The van der Waals surface area contributed by atoms with E-state index >= 15 is 0 Å². The number of rotatable bonds is 4. The number of hydrogen-bond donors (Lipinski definition) is 1. The first-order chi connectivity index (χ1) is 11.2. The number of carbonyl (C=O) groups excluding carboxylic acids is 2. The van der Waals surface area contributed by atoms with E-state index in [-0.39, 0.29) is 17.0 Å². The van der Waals surface area contributed by atoms with Gasteiger partial charge in [0.05, 0.1) is 5.56 Å². The van der Waals surface area contributed by atoms with Gasteiger partial charge in [0, 0.05) is 19.8 Å². The Morgan fingerprint density at radius 2 is 1.71 bits per heavy atom. The Hall–Kier alpha value is -2.69. The summed E-state index contributed by atoms with van der Waals surface area (Å²) in [6, 6.07) is 11.3. The zero-order chi connectivity index (χ0) is 17.9. The lowest BCUT2D eigenvalue weighted by Crippen LogP contribution is -2.26. The molecule has 0 aliphatic heterocycles. The van der Waals surface area contributed by atoms with Crippen molar-refractivity contribution in [3.05, 3.63) is 65.0 Å². The molecular formula is C19H23N3O2. The van der Waals surface area contributed by atoms with E-state index in [2.05, 4.69) is 37.9 Å². The number of pyridine rings is 1. The predicted octanol–water partition coefficient (Wildman–Crippen LogP) is 2.75. The molecule has 0 radical (unpaired) electrons. The molecule has 0 atom stereocenters. The minimum Gasteiger partial charge on any atom is -0.364 e. The Morgan fingerprint density at radius 3 is 2.17 bits per heavy atom. The Balaban J connectivity index is 2.07. The highest BCUT2D eigenvalue weighted by Crippen LogP contribution is 2.22. The van der Waals surface area contributed by atoms with Crippen LogP contribution in [-0.4, -0.2) is 28.7 Å². The third-order valence-electron chi connectivity index (χ3n) is 3.85. The van der Waals surface area contributed by atoms with Gasteiger partial charge in [-0.3, -0.25) is 14.6 Å². The van der Waals surface area contributed by atoms with E-state index in [1.807, 2.05) is 12.1 Å². The molecule has 126 valence electrons. The lowest BCUT2D eigenvalue weighted by atomic mass is 9.87. The standard InChI is InChI=1S/C19H23N3O2/c1-19(2,3)15-8-5-13(6-9-15)12-22(4)18(24)14-7-10-16(17(20)23)21-11-14/h5-11H,12H2,1-4H3,(H2,20,23). The Morgan fingerprint density at radius 1 is 1.08 bits per heavy atom. The van der Waals surface area contributed by atoms with Crippen LogP contribution in [-0.2, 0) is 12.0 Å². The normalized spacial score (nSPS) is 11.2. The number of primary amides is 1. The van der Waals surface area contributed by atoms with E-state index in [0.29, 0.717) is 12.1 Å². The van der Waals surface area contributed by atoms with Crippen LogP contribution in [0.4, 0.5) is 0 Å². The molecule has 0 saturated carbocycles. The number of aromatic nitrogens is 1. The van der Waals surface area contributed by atoms with E-state index in [1.165, 1.54) is 17.8 Å². The van der Waals surface area contributed by atoms with Crippen LogP contribution >= 0.6 is 0 Å². The zero-order valence-electron chi connectivity index (χ0n) is 14.5. The molecule has 0 aliphatic rings. The Labute approximate surface area is 142 Å². The van der Waals surface area contributed by atoms with E-state index in [1.54, 1.807) is 18.0 Å². The molecule has 0 unspecified atom stereocenters. The highest BCUT2D eigenvalue weighted by atomic mass is 16.2. The fraction of sp³-hybridized carbons (Fsp3) is 0.316. The molecule has 0 bridgehead atoms. The van der Waals surface area contributed by atoms with Crippen molar-refractivity contribution in [1.82, 2.24) is 9.88 Å². The van der Waals surface area contributed by atoms with Crippen LogP contribution in [0.5, 0.6) is 0 Å². The van der Waals surface area contributed by atoms with Crippen LogP contribution in [0.15, 0.2) is 42.6 Å². The van der Waals surface area contributed by atoms with Gasteiger partial charge in [0.15, 0.2) is 0 Å². The summed E-state index contributed by atoms with van der Waals surface area (Å²) in [6.07, 6.45) is 1.38. The zero-order valence-corrected chi connectivity index (χ0v) is 14.5. The second kappa shape index (κ2) is 6.83. The number of hydrogen-bond acceptors (Lipinski definition) is 3. The second-order valence-corrected chi connectivity index (χ2v) is 6.90. The second-order valence-electron chi connectivity index (χ2n) is 6.90. The van der Waals surface area contributed by atoms with Crippen LogP contribution in [0.1, 0.15) is 52.7 Å². The van der Waals surface area contributed by atoms with Crippen molar-refractivity contribution in [2.45, 2.75) is 32.7 Å². The van der Waals surface area contributed by atoms with Gasteiger partial charge in [-0.2, -0.15) is 0 Å². The lowest BCUT2D eigenvalue weighted by Gasteiger charge is -2.21. The van der Waals surface area contributed by atoms with Gasteiger partial charge in [-0.25, -0.2) is 0 Å². The first-order valence-corrected chi connectivity index (χ1v) is 7.79. The van der Waals surface area contributed by atoms with Gasteiger partial charge >= 0.3 is 0 Å². The molecule has 0 spiro atoms. The molecule has 1 aromatic carbocycles. The van der Waals surface area contributed by atoms with Gasteiger partial charge in [0.1, 0.15) is 5.69 Å². The van der Waals surface area contributed by atoms with Gasteiger partial charge < -0.3 is 10.6 Å². The summed E-state index contributed by atoms with van der Waals surface area (Å²) in [5.74, 6) is -0.764. The summed E-state index contributed by atoms with van der Waals surface area (Å²) in [5.41, 5.74) is 8.14. The van der Waals surface area contributed by atoms with Crippen molar-refractivity contribution in [1.29, 1.82) is 0 Å². The molecule has 2 N–H and O–H groups in total. The largest absolute Gasteiger partial charge is 0.364 e. The van der Waals surface area contributed by atoms with E-state index in [0.717, 1.165) is 5.56 Å². The first-order valence-electron chi connectivity index (χ1n) is 7.79. The van der Waals surface area contributed by atoms with Crippen molar-refractivity contribution in [3.63, 3.8) is 0 Å². The minimum atomic E-state index is -0.610. The van der Waals surface area contributed by atoms with Crippen LogP contribution < -0.4 is 5.73 Å². The summed E-state index contributed by atoms with van der Waals surface area (Å²) in [4.78, 5) is 29.0. The molecule has 1 aromatic heterocycles. The van der Waals surface area contributed by atoms with Crippen LogP contribution in [0.25, 0.3) is 0 Å². The van der Waals surface area contributed by atoms with Crippen molar-refractivity contribution in [2.75, 3.05) is 7.05 Å². The number of carbonyl (C=O) groups is 2. The number of benzene rings is 1. The molecule has 2 aromatic rings. The monoisotopic (exact) mass is 325 g/mol. The van der Waals surface area contributed by atoms with Crippen molar-refractivity contribution in [3.8, 4) is 0 Å². The SMILES string of the molecule is CN(Cc1ccc(C(C)(C)C)cc1)C(=O)c1ccc(C(N)=O)nc1. The fourth-order valence-electron chi connectivity index (χ4n) is 2.34. The predicted molar refractivity (Wildman–Crippen MR) is 93.7 cm³/mol. The average molecular weight is 325 g/mol. The molecule has 5 nitrogen and oxygen atoms in total. The maximum Gasteiger partial charge on any atom is 0.267 e. The average Bonchev–Trinajstić information content (AvgIpc) is 2.54. The molecule has 2 rings (SSSR count). The van der Waals surface area contributed by atoms with Gasteiger partial charge in [-0.05, 0) is 28.7 Å². The third-order valence-corrected chi connectivity index (χ3v) is 3.85. The highest BCUT2D eigenvalue weighted by Gasteiger charge is 2.15. The molecule has 5 heteroatoms. The maximum atomic E-state index is 12.4. The van der Waals surface area contributed by atoms with Crippen molar-refractivity contribution >= 4 is 11.8 Å². The molecular weight excluding hydrogens is 302 g/mol. The Bertz CT molecular complexity index is 729. The number of amides is 2. The molecule has 0 saturated heterocycles. The fourth-order valence-corrected chi connectivity index (χ4v) is 2.34. The molecule has 2 amide bonds. The minimum absolute atomic E-state index is 0.105. The van der Waals surface area contributed by atoms with Gasteiger partial charge in [-0.1, -0.05) is 45.0 Å². The quantitative estimate of drug-likeness (QED) is 0.939. The van der Waals surface area contributed by atoms with E-state index in [9.17, 15) is 9.59 Å². The van der Waals surface area contributed by atoms with E-state index < -0.39 is 5.91 Å². The van der Waals surface area contributed by atoms with Gasteiger partial charge in [-0.15, -0.1) is 0 Å². The molecule has 1 heterocycles. The molecule has 0 fully saturated rings. The summed E-state index contributed by atoms with van der Waals surface area (Å²) < 4.78 is 0. The van der Waals surface area contributed by atoms with Crippen LogP contribution in [0.3, 0.4) is 0 Å². The van der Waals surface area contributed by atoms with Crippen LogP contribution in [0.2, 0.25) is 0 Å². The molecule has 24 heavy (non-hydrogen) atoms. The summed E-state index contributed by atoms with van der Waals surface area (Å²) in [7, 11) is 1.74. The summed E-state index contributed by atoms with van der Waals surface area (Å²) >= 11 is 0. The van der Waals surface area contributed by atoms with E-state index in [4.69, 9.17) is 5.73 Å². The summed E-state index contributed by atoms with van der Waals surface area (Å²) in [5, 5.41) is 0. The van der Waals surface area contributed by atoms with Gasteiger partial charge in [0.2, 0.25) is 0 Å². The smallest absolute Gasteiger partial charge is 0.267 e. The van der Waals surface area contributed by atoms with Crippen molar-refractivity contribution < 1.29 is 9.59 Å². The molecule has 0 aliphatic carbocycles. The number of nitrogens with two attached hydrogens (primary N) is 1. The van der Waals surface area contributed by atoms with Crippen molar-refractivity contribution in [2.24, 2.45) is 5.73 Å². The lowest BCUT2D eigenvalue weighted by molar-refractivity contribution is 0.0784. The highest BCUT2D eigenvalue weighted by molar-refractivity contribution is 5.95. The van der Waals surface area contributed by atoms with Gasteiger partial charge in [0.25, 0.3) is 11.8 Å². The Kier molecular flexibility index (Phi) is 5.02.